The van der Waals surface area contributed by atoms with Crippen LogP contribution in [0.1, 0.15) is 5.69 Å². The Morgan fingerprint density at radius 2 is 2.06 bits per heavy atom. The third-order valence-electron chi connectivity index (χ3n) is 3.01. The van der Waals surface area contributed by atoms with Gasteiger partial charge in [-0.2, -0.15) is 0 Å². The Morgan fingerprint density at radius 3 is 2.78 bits per heavy atom. The van der Waals surface area contributed by atoms with Gasteiger partial charge in [-0.15, -0.1) is 0 Å². The van der Waals surface area contributed by atoms with Gasteiger partial charge in [0.05, 0.1) is 28.1 Å². The number of nitrogens with one attached hydrogen (secondary N) is 1. The molecule has 90 valence electrons. The van der Waals surface area contributed by atoms with Crippen molar-refractivity contribution in [1.82, 2.24) is 9.97 Å². The number of H-pyrrole nitrogens is 1. The van der Waals surface area contributed by atoms with Crippen molar-refractivity contribution in [3.05, 3.63) is 47.2 Å². The molecule has 0 spiro atoms. The van der Waals surface area contributed by atoms with E-state index in [1.807, 2.05) is 37.3 Å². The fourth-order valence-corrected chi connectivity index (χ4v) is 2.42. The molecule has 0 amide bonds. The topological polar surface area (TPSA) is 54.7 Å². The minimum Gasteiger partial charge on any atom is -0.397 e. The number of aromatic amines is 1. The van der Waals surface area contributed by atoms with Crippen LogP contribution >= 0.6 is 11.6 Å². The van der Waals surface area contributed by atoms with E-state index in [0.29, 0.717) is 5.69 Å². The molecule has 0 unspecified atom stereocenters. The lowest BCUT2D eigenvalue weighted by molar-refractivity contribution is 1.27. The molecule has 3 nitrogen and oxygen atoms in total. The number of hydrogen-bond donors (Lipinski definition) is 2. The third kappa shape index (κ3) is 1.64. The first-order valence-corrected chi connectivity index (χ1v) is 6.03. The van der Waals surface area contributed by atoms with Gasteiger partial charge in [-0.05, 0) is 25.1 Å². The van der Waals surface area contributed by atoms with Crippen molar-refractivity contribution in [3.8, 4) is 11.3 Å². The number of para-hydroxylation sites is 1. The van der Waals surface area contributed by atoms with Crippen LogP contribution in [0.4, 0.5) is 5.69 Å². The van der Waals surface area contributed by atoms with Gasteiger partial charge in [0.15, 0.2) is 0 Å². The number of nitrogens with zero attached hydrogens (tertiary/aromatic N) is 1. The summed E-state index contributed by atoms with van der Waals surface area (Å²) < 4.78 is 0. The average Bonchev–Trinajstić information content (AvgIpc) is 2.69. The normalized spacial score (nSPS) is 11.0. The van der Waals surface area contributed by atoms with E-state index in [2.05, 4.69) is 9.97 Å². The van der Waals surface area contributed by atoms with Gasteiger partial charge in [-0.1, -0.05) is 23.7 Å². The van der Waals surface area contributed by atoms with Crippen LogP contribution in [0, 0.1) is 6.92 Å². The van der Waals surface area contributed by atoms with Crippen molar-refractivity contribution < 1.29 is 0 Å². The largest absolute Gasteiger partial charge is 0.397 e. The molecule has 0 atom stereocenters. The SMILES string of the molecule is Cc1[nH]c2c(Cl)cccc2c1-c1ccc(N)cn1. The number of aryl methyl sites for hydroxylation is 1. The summed E-state index contributed by atoms with van der Waals surface area (Å²) in [5.74, 6) is 0. The van der Waals surface area contributed by atoms with Gasteiger partial charge in [-0.25, -0.2) is 0 Å². The second kappa shape index (κ2) is 4.03. The number of benzene rings is 1. The molecule has 0 aliphatic carbocycles. The minimum absolute atomic E-state index is 0.661. The van der Waals surface area contributed by atoms with E-state index in [1.165, 1.54) is 0 Å². The van der Waals surface area contributed by atoms with Crippen molar-refractivity contribution in [1.29, 1.82) is 0 Å². The molecular formula is C14H12ClN3. The molecule has 2 heterocycles. The van der Waals surface area contributed by atoms with Crippen molar-refractivity contribution >= 4 is 28.2 Å². The molecule has 18 heavy (non-hydrogen) atoms. The molecule has 0 radical (unpaired) electrons. The summed E-state index contributed by atoms with van der Waals surface area (Å²) in [5, 5.41) is 1.80. The van der Waals surface area contributed by atoms with E-state index in [0.717, 1.165) is 32.9 Å². The van der Waals surface area contributed by atoms with Crippen LogP contribution in [-0.2, 0) is 0 Å². The zero-order valence-electron chi connectivity index (χ0n) is 9.87. The summed E-state index contributed by atoms with van der Waals surface area (Å²) in [7, 11) is 0. The summed E-state index contributed by atoms with van der Waals surface area (Å²) in [6, 6.07) is 9.63. The van der Waals surface area contributed by atoms with Gasteiger partial charge >= 0.3 is 0 Å². The highest BCUT2D eigenvalue weighted by molar-refractivity contribution is 6.35. The van der Waals surface area contributed by atoms with Crippen LogP contribution in [0.3, 0.4) is 0 Å². The lowest BCUT2D eigenvalue weighted by Gasteiger charge is -2.01. The van der Waals surface area contributed by atoms with Crippen molar-refractivity contribution in [2.24, 2.45) is 0 Å². The second-order valence-corrected chi connectivity index (χ2v) is 4.67. The summed E-state index contributed by atoms with van der Waals surface area (Å²) in [5.41, 5.74) is 10.3. The molecule has 2 aromatic heterocycles. The van der Waals surface area contributed by atoms with Crippen molar-refractivity contribution in [3.63, 3.8) is 0 Å². The van der Waals surface area contributed by atoms with Crippen LogP contribution in [-0.4, -0.2) is 9.97 Å². The lowest BCUT2D eigenvalue weighted by Crippen LogP contribution is -1.88. The number of fused-ring (bicyclic) bond motifs is 1. The predicted octanol–water partition coefficient (Wildman–Crippen LogP) is 3.77. The number of pyridine rings is 1. The maximum absolute atomic E-state index is 6.18. The molecule has 3 N–H and O–H groups in total. The first-order chi connectivity index (χ1) is 8.66. The number of rotatable bonds is 1. The molecule has 0 bridgehead atoms. The van der Waals surface area contributed by atoms with Crippen LogP contribution < -0.4 is 5.73 Å². The molecule has 4 heteroatoms. The standard InChI is InChI=1S/C14H12ClN3/c1-8-13(12-6-5-9(16)7-17-12)10-3-2-4-11(15)14(10)18-8/h2-7,18H,16H2,1H3. The van der Waals surface area contributed by atoms with Crippen LogP contribution in [0.25, 0.3) is 22.2 Å². The molecule has 3 aromatic rings. The maximum Gasteiger partial charge on any atom is 0.0727 e. The molecule has 0 saturated heterocycles. The summed E-state index contributed by atoms with van der Waals surface area (Å²) >= 11 is 6.18. The number of anilines is 1. The van der Waals surface area contributed by atoms with Gasteiger partial charge < -0.3 is 10.7 Å². The smallest absolute Gasteiger partial charge is 0.0727 e. The highest BCUT2D eigenvalue weighted by atomic mass is 35.5. The number of nitrogen functional groups attached to an aromatic ring is 1. The molecule has 1 aromatic carbocycles. The number of nitrogens with two attached hydrogens (primary N) is 1. The second-order valence-electron chi connectivity index (χ2n) is 4.26. The summed E-state index contributed by atoms with van der Waals surface area (Å²) in [6.45, 7) is 2.02. The third-order valence-corrected chi connectivity index (χ3v) is 3.33. The Bertz CT molecular complexity index is 714. The predicted molar refractivity (Wildman–Crippen MR) is 75.7 cm³/mol. The molecule has 0 saturated carbocycles. The van der Waals surface area contributed by atoms with E-state index in [9.17, 15) is 0 Å². The summed E-state index contributed by atoms with van der Waals surface area (Å²) in [6.07, 6.45) is 1.66. The Morgan fingerprint density at radius 1 is 1.22 bits per heavy atom. The Kier molecular flexibility index (Phi) is 2.49. The highest BCUT2D eigenvalue weighted by Gasteiger charge is 2.12. The first-order valence-electron chi connectivity index (χ1n) is 5.65. The van der Waals surface area contributed by atoms with Crippen molar-refractivity contribution in [2.45, 2.75) is 6.92 Å². The number of aromatic nitrogens is 2. The van der Waals surface area contributed by atoms with Crippen molar-refractivity contribution in [2.75, 3.05) is 5.73 Å². The maximum atomic E-state index is 6.18. The molecule has 3 rings (SSSR count). The Hall–Kier alpha value is -2.00. The Balaban J connectivity index is 2.32. The average molecular weight is 258 g/mol. The van der Waals surface area contributed by atoms with E-state index in [-0.39, 0.29) is 0 Å². The van der Waals surface area contributed by atoms with E-state index in [1.54, 1.807) is 6.20 Å². The fraction of sp³-hybridized carbons (Fsp3) is 0.0714. The monoisotopic (exact) mass is 257 g/mol. The van der Waals surface area contributed by atoms with Crippen LogP contribution in [0.5, 0.6) is 0 Å². The zero-order chi connectivity index (χ0) is 12.7. The van der Waals surface area contributed by atoms with Crippen LogP contribution in [0.15, 0.2) is 36.5 Å². The lowest BCUT2D eigenvalue weighted by atomic mass is 10.1. The quantitative estimate of drug-likeness (QED) is 0.697. The molecule has 0 aliphatic heterocycles. The number of hydrogen-bond acceptors (Lipinski definition) is 2. The Labute approximate surface area is 110 Å². The van der Waals surface area contributed by atoms with Gasteiger partial charge in [0.25, 0.3) is 0 Å². The molecular weight excluding hydrogens is 246 g/mol. The highest BCUT2D eigenvalue weighted by Crippen LogP contribution is 2.34. The van der Waals surface area contributed by atoms with Gasteiger partial charge in [0.2, 0.25) is 0 Å². The van der Waals surface area contributed by atoms with Gasteiger partial charge in [0, 0.05) is 16.6 Å². The fourth-order valence-electron chi connectivity index (χ4n) is 2.19. The molecule has 0 aliphatic rings. The van der Waals surface area contributed by atoms with E-state index >= 15 is 0 Å². The molecule has 0 fully saturated rings. The van der Waals surface area contributed by atoms with E-state index in [4.69, 9.17) is 17.3 Å². The van der Waals surface area contributed by atoms with E-state index < -0.39 is 0 Å². The summed E-state index contributed by atoms with van der Waals surface area (Å²) in [4.78, 5) is 7.68. The zero-order valence-corrected chi connectivity index (χ0v) is 10.6. The van der Waals surface area contributed by atoms with Crippen LogP contribution in [0.2, 0.25) is 5.02 Å². The number of halogens is 1. The van der Waals surface area contributed by atoms with Gasteiger partial charge in [-0.3, -0.25) is 4.98 Å². The minimum atomic E-state index is 0.661. The first kappa shape index (κ1) is 11.1. The van der Waals surface area contributed by atoms with Gasteiger partial charge in [0.1, 0.15) is 0 Å².